The summed E-state index contributed by atoms with van der Waals surface area (Å²) < 4.78 is 40.9. The highest BCUT2D eigenvalue weighted by Gasteiger charge is 2.35. The predicted molar refractivity (Wildman–Crippen MR) is 123 cm³/mol. The Morgan fingerprint density at radius 3 is 2.39 bits per heavy atom. The van der Waals surface area contributed by atoms with Gasteiger partial charge in [0.1, 0.15) is 5.82 Å². The smallest absolute Gasteiger partial charge is 0.265 e. The van der Waals surface area contributed by atoms with Gasteiger partial charge in [0, 0.05) is 60.8 Å². The first kappa shape index (κ1) is 20.5. The summed E-state index contributed by atoms with van der Waals surface area (Å²) in [5, 5.41) is 2.07. The quantitative estimate of drug-likeness (QED) is 0.569. The van der Waals surface area contributed by atoms with Crippen LogP contribution in [-0.2, 0) is 10.0 Å². The predicted octanol–water partition coefficient (Wildman–Crippen LogP) is 4.35. The molecule has 0 amide bonds. The van der Waals surface area contributed by atoms with E-state index < -0.39 is 10.0 Å². The van der Waals surface area contributed by atoms with Gasteiger partial charge in [-0.05, 0) is 48.9 Å². The normalized spacial score (nSPS) is 18.1. The lowest BCUT2D eigenvalue weighted by Gasteiger charge is -2.36. The second-order valence-electron chi connectivity index (χ2n) is 7.98. The van der Waals surface area contributed by atoms with Gasteiger partial charge in [-0.1, -0.05) is 23.7 Å². The highest BCUT2D eigenvalue weighted by molar-refractivity contribution is 7.93. The molecule has 5 rings (SSSR count). The van der Waals surface area contributed by atoms with Gasteiger partial charge in [-0.15, -0.1) is 0 Å². The van der Waals surface area contributed by atoms with E-state index in [0.717, 1.165) is 61.3 Å². The fourth-order valence-corrected chi connectivity index (χ4v) is 6.50. The van der Waals surface area contributed by atoms with E-state index in [4.69, 9.17) is 11.6 Å². The lowest BCUT2D eigenvalue weighted by molar-refractivity contribution is 0.256. The van der Waals surface area contributed by atoms with Gasteiger partial charge in [-0.3, -0.25) is 9.21 Å². The van der Waals surface area contributed by atoms with Crippen molar-refractivity contribution in [1.29, 1.82) is 0 Å². The SMILES string of the molecule is O=S1(=O)c2ccc(Cl)c3cccc(c23)N1CCCN1CCN(c2ccc(F)cc2)CC1. The minimum absolute atomic E-state index is 0.223. The van der Waals surface area contributed by atoms with E-state index in [1.54, 1.807) is 12.1 Å². The summed E-state index contributed by atoms with van der Waals surface area (Å²) in [5.41, 5.74) is 1.75. The summed E-state index contributed by atoms with van der Waals surface area (Å²) in [5.74, 6) is -0.223. The molecule has 0 bridgehead atoms. The van der Waals surface area contributed by atoms with Crippen LogP contribution in [0.5, 0.6) is 0 Å². The zero-order valence-electron chi connectivity index (χ0n) is 17.0. The molecule has 0 radical (unpaired) electrons. The number of rotatable bonds is 5. The number of anilines is 2. The monoisotopic (exact) mass is 459 g/mol. The van der Waals surface area contributed by atoms with Gasteiger partial charge in [0.25, 0.3) is 10.0 Å². The topological polar surface area (TPSA) is 43.9 Å². The number of sulfonamides is 1. The first-order valence-electron chi connectivity index (χ1n) is 10.4. The van der Waals surface area contributed by atoms with Crippen LogP contribution in [0.1, 0.15) is 6.42 Å². The average Bonchev–Trinajstić information content (AvgIpc) is 2.99. The van der Waals surface area contributed by atoms with Crippen molar-refractivity contribution >= 4 is 43.8 Å². The molecule has 0 atom stereocenters. The minimum Gasteiger partial charge on any atom is -0.369 e. The summed E-state index contributed by atoms with van der Waals surface area (Å²) in [6, 6.07) is 15.5. The summed E-state index contributed by atoms with van der Waals surface area (Å²) >= 11 is 6.30. The van der Waals surface area contributed by atoms with Crippen molar-refractivity contribution < 1.29 is 12.8 Å². The molecule has 31 heavy (non-hydrogen) atoms. The van der Waals surface area contributed by atoms with Crippen molar-refractivity contribution in [3.05, 3.63) is 65.4 Å². The van der Waals surface area contributed by atoms with Crippen molar-refractivity contribution in [2.45, 2.75) is 11.3 Å². The Morgan fingerprint density at radius 1 is 0.903 bits per heavy atom. The van der Waals surface area contributed by atoms with Gasteiger partial charge in [0.15, 0.2) is 0 Å². The molecule has 0 aromatic heterocycles. The second-order valence-corrected chi connectivity index (χ2v) is 10.2. The molecule has 1 saturated heterocycles. The molecule has 3 aromatic rings. The molecule has 2 heterocycles. The Hall–Kier alpha value is -2.35. The lowest BCUT2D eigenvalue weighted by atomic mass is 10.1. The van der Waals surface area contributed by atoms with Crippen LogP contribution >= 0.6 is 11.6 Å². The molecule has 3 aromatic carbocycles. The molecular weight excluding hydrogens is 437 g/mol. The lowest BCUT2D eigenvalue weighted by Crippen LogP contribution is -2.47. The number of piperazine rings is 1. The van der Waals surface area contributed by atoms with Crippen LogP contribution in [0.4, 0.5) is 15.8 Å². The molecule has 8 heteroatoms. The number of benzene rings is 3. The van der Waals surface area contributed by atoms with Crippen LogP contribution in [0.25, 0.3) is 10.8 Å². The molecule has 0 N–H and O–H groups in total. The van der Waals surface area contributed by atoms with Crippen LogP contribution in [0.3, 0.4) is 0 Å². The zero-order chi connectivity index (χ0) is 21.6. The molecule has 1 fully saturated rings. The molecule has 0 aliphatic carbocycles. The molecule has 5 nitrogen and oxygen atoms in total. The summed E-state index contributed by atoms with van der Waals surface area (Å²) in [4.78, 5) is 4.95. The molecule has 2 aliphatic heterocycles. The fraction of sp³-hybridized carbons (Fsp3) is 0.304. The van der Waals surface area contributed by atoms with Crippen LogP contribution in [0.2, 0.25) is 5.02 Å². The first-order valence-corrected chi connectivity index (χ1v) is 12.2. The van der Waals surface area contributed by atoms with Crippen molar-refractivity contribution in [1.82, 2.24) is 4.90 Å². The van der Waals surface area contributed by atoms with Gasteiger partial charge in [0.05, 0.1) is 10.6 Å². The van der Waals surface area contributed by atoms with E-state index in [1.165, 1.54) is 16.4 Å². The van der Waals surface area contributed by atoms with Gasteiger partial charge in [0.2, 0.25) is 0 Å². The van der Waals surface area contributed by atoms with Crippen molar-refractivity contribution in [2.24, 2.45) is 0 Å². The van der Waals surface area contributed by atoms with Crippen LogP contribution in [0, 0.1) is 5.82 Å². The summed E-state index contributed by atoms with van der Waals surface area (Å²) in [6.07, 6.45) is 0.744. The van der Waals surface area contributed by atoms with Crippen molar-refractivity contribution in [2.75, 3.05) is 48.5 Å². The minimum atomic E-state index is -3.55. The number of hydrogen-bond acceptors (Lipinski definition) is 4. The van der Waals surface area contributed by atoms with E-state index >= 15 is 0 Å². The number of halogens is 2. The Morgan fingerprint density at radius 2 is 1.65 bits per heavy atom. The summed E-state index contributed by atoms with van der Waals surface area (Å²) in [6.45, 7) is 4.81. The third kappa shape index (κ3) is 3.64. The van der Waals surface area contributed by atoms with E-state index in [1.807, 2.05) is 30.3 Å². The molecule has 162 valence electrons. The van der Waals surface area contributed by atoms with Gasteiger partial charge in [-0.25, -0.2) is 12.8 Å². The van der Waals surface area contributed by atoms with Crippen LogP contribution in [-0.4, -0.2) is 52.6 Å². The van der Waals surface area contributed by atoms with Crippen molar-refractivity contribution in [3.63, 3.8) is 0 Å². The van der Waals surface area contributed by atoms with Crippen molar-refractivity contribution in [3.8, 4) is 0 Å². The van der Waals surface area contributed by atoms with E-state index in [0.29, 0.717) is 16.5 Å². The maximum absolute atomic E-state index is 13.1. The third-order valence-corrected chi connectivity index (χ3v) is 8.35. The Bertz CT molecular complexity index is 1230. The standard InChI is InChI=1S/C23H23ClFN3O2S/c24-20-9-10-22-23-19(20)3-1-4-21(23)28(31(22,29)30)12-2-11-26-13-15-27(16-14-26)18-7-5-17(25)6-8-18/h1,3-10H,2,11-16H2. The van der Waals surface area contributed by atoms with Crippen LogP contribution in [0.15, 0.2) is 59.5 Å². The van der Waals surface area contributed by atoms with Gasteiger partial charge >= 0.3 is 0 Å². The largest absolute Gasteiger partial charge is 0.369 e. The fourth-order valence-electron chi connectivity index (χ4n) is 4.55. The number of hydrogen-bond donors (Lipinski definition) is 0. The highest BCUT2D eigenvalue weighted by Crippen LogP contribution is 2.44. The summed E-state index contributed by atoms with van der Waals surface area (Å²) in [7, 11) is -3.55. The van der Waals surface area contributed by atoms with E-state index in [9.17, 15) is 12.8 Å². The maximum Gasteiger partial charge on any atom is 0.265 e. The third-order valence-electron chi connectivity index (χ3n) is 6.16. The molecular formula is C23H23ClFN3O2S. The molecule has 0 saturated carbocycles. The average molecular weight is 460 g/mol. The van der Waals surface area contributed by atoms with Gasteiger partial charge < -0.3 is 4.90 Å². The van der Waals surface area contributed by atoms with Crippen LogP contribution < -0.4 is 9.21 Å². The molecule has 2 aliphatic rings. The Labute approximate surface area is 186 Å². The molecule has 0 unspecified atom stereocenters. The van der Waals surface area contributed by atoms with E-state index in [-0.39, 0.29) is 5.82 Å². The Balaban J connectivity index is 1.22. The number of nitrogens with zero attached hydrogens (tertiary/aromatic N) is 3. The van der Waals surface area contributed by atoms with E-state index in [2.05, 4.69) is 9.80 Å². The Kier molecular flexibility index (Phi) is 5.28. The maximum atomic E-state index is 13.1. The second kappa shape index (κ2) is 7.97. The highest BCUT2D eigenvalue weighted by atomic mass is 35.5. The van der Waals surface area contributed by atoms with Gasteiger partial charge in [-0.2, -0.15) is 0 Å². The first-order chi connectivity index (χ1) is 14.9. The molecule has 0 spiro atoms. The zero-order valence-corrected chi connectivity index (χ0v) is 18.5.